The highest BCUT2D eigenvalue weighted by atomic mass is 32.2. The van der Waals surface area contributed by atoms with Gasteiger partial charge in [-0.15, -0.1) is 0 Å². The lowest BCUT2D eigenvalue weighted by Gasteiger charge is -2.30. The molecule has 2 aliphatic carbocycles. The largest absolute Gasteiger partial charge is 0.347 e. The summed E-state index contributed by atoms with van der Waals surface area (Å²) in [5.41, 5.74) is 2.44. The zero-order chi connectivity index (χ0) is 19.7. The van der Waals surface area contributed by atoms with Crippen molar-refractivity contribution in [3.63, 3.8) is 0 Å². The van der Waals surface area contributed by atoms with Gasteiger partial charge in [-0.25, -0.2) is 0 Å². The van der Waals surface area contributed by atoms with Crippen LogP contribution in [0, 0.1) is 11.8 Å². The van der Waals surface area contributed by atoms with Crippen LogP contribution in [0.15, 0.2) is 24.3 Å². The van der Waals surface area contributed by atoms with Gasteiger partial charge < -0.3 is 5.32 Å². The zero-order valence-corrected chi connectivity index (χ0v) is 17.2. The van der Waals surface area contributed by atoms with Crippen molar-refractivity contribution < 1.29 is 14.4 Å². The molecule has 0 radical (unpaired) electrons. The molecule has 1 heterocycles. The molecule has 4 rings (SSSR count). The minimum Gasteiger partial charge on any atom is -0.347 e. The predicted octanol–water partition coefficient (Wildman–Crippen LogP) is 3.09. The van der Waals surface area contributed by atoms with Crippen LogP contribution in [0.3, 0.4) is 0 Å². The summed E-state index contributed by atoms with van der Waals surface area (Å²) in [6.07, 6.45) is 8.39. The Hall–Kier alpha value is -1.82. The van der Waals surface area contributed by atoms with E-state index in [0.717, 1.165) is 50.5 Å². The van der Waals surface area contributed by atoms with Crippen molar-refractivity contribution in [2.45, 2.75) is 57.0 Å². The molecular weight excluding hydrogens is 372 g/mol. The molecule has 6 heteroatoms. The summed E-state index contributed by atoms with van der Waals surface area (Å²) in [5.74, 6) is -0.447. The molecule has 150 valence electrons. The monoisotopic (exact) mass is 400 g/mol. The van der Waals surface area contributed by atoms with E-state index in [9.17, 15) is 14.4 Å². The third-order valence-electron chi connectivity index (χ3n) is 6.50. The number of hydrogen-bond acceptors (Lipinski definition) is 4. The van der Waals surface area contributed by atoms with Crippen molar-refractivity contribution in [1.82, 2.24) is 10.2 Å². The molecular formula is C22H28N2O3S. The fourth-order valence-electron chi connectivity index (χ4n) is 5.09. The lowest BCUT2D eigenvalue weighted by Crippen LogP contribution is -2.52. The van der Waals surface area contributed by atoms with E-state index in [4.69, 9.17) is 0 Å². The Balaban J connectivity index is 1.54. The highest BCUT2D eigenvalue weighted by Crippen LogP contribution is 2.39. The number of rotatable bonds is 5. The maximum atomic E-state index is 13.2. The van der Waals surface area contributed by atoms with Crippen LogP contribution < -0.4 is 5.32 Å². The molecule has 1 saturated heterocycles. The van der Waals surface area contributed by atoms with Gasteiger partial charge in [0.25, 0.3) is 0 Å². The Morgan fingerprint density at radius 1 is 1.11 bits per heavy atom. The Labute approximate surface area is 170 Å². The van der Waals surface area contributed by atoms with E-state index in [-0.39, 0.29) is 35.6 Å². The van der Waals surface area contributed by atoms with Gasteiger partial charge in [0.15, 0.2) is 0 Å². The molecule has 1 N–H and O–H groups in total. The molecule has 28 heavy (non-hydrogen) atoms. The van der Waals surface area contributed by atoms with Crippen LogP contribution in [0.5, 0.6) is 0 Å². The Kier molecular flexibility index (Phi) is 5.76. The number of nitrogens with one attached hydrogen (secondary N) is 1. The van der Waals surface area contributed by atoms with Crippen molar-refractivity contribution in [2.75, 3.05) is 12.0 Å². The number of thioether (sulfide) groups is 1. The van der Waals surface area contributed by atoms with E-state index >= 15 is 0 Å². The number of carbonyl (C=O) groups excluding carboxylic acids is 3. The van der Waals surface area contributed by atoms with Gasteiger partial charge in [0, 0.05) is 5.75 Å². The molecule has 1 aromatic carbocycles. The van der Waals surface area contributed by atoms with Gasteiger partial charge in [0.1, 0.15) is 6.04 Å². The number of likely N-dealkylation sites (tertiary alicyclic amines) is 1. The van der Waals surface area contributed by atoms with E-state index in [0.29, 0.717) is 5.75 Å². The van der Waals surface area contributed by atoms with Gasteiger partial charge in [0.05, 0.1) is 17.9 Å². The molecule has 5 nitrogen and oxygen atoms in total. The van der Waals surface area contributed by atoms with Crippen molar-refractivity contribution in [3.05, 3.63) is 35.4 Å². The van der Waals surface area contributed by atoms with Crippen LogP contribution in [0.1, 0.15) is 55.7 Å². The second-order valence-electron chi connectivity index (χ2n) is 8.17. The van der Waals surface area contributed by atoms with Crippen LogP contribution in [0.2, 0.25) is 0 Å². The number of aryl methyl sites for hydroxylation is 1. The smallest absolute Gasteiger partial charge is 0.244 e. The van der Waals surface area contributed by atoms with Crippen molar-refractivity contribution in [2.24, 2.45) is 11.8 Å². The minimum atomic E-state index is -0.713. The van der Waals surface area contributed by atoms with Crippen molar-refractivity contribution in [3.8, 4) is 0 Å². The normalized spacial score (nSPS) is 27.9. The second kappa shape index (κ2) is 8.27. The quantitative estimate of drug-likeness (QED) is 0.772. The van der Waals surface area contributed by atoms with Crippen LogP contribution in [0.4, 0.5) is 0 Å². The van der Waals surface area contributed by atoms with Crippen LogP contribution in [-0.4, -0.2) is 40.7 Å². The van der Waals surface area contributed by atoms with Gasteiger partial charge in [-0.3, -0.25) is 19.3 Å². The molecule has 0 unspecified atom stereocenters. The summed E-state index contributed by atoms with van der Waals surface area (Å²) in [5, 5.41) is 3.16. The van der Waals surface area contributed by atoms with E-state index in [1.165, 1.54) is 22.2 Å². The Morgan fingerprint density at radius 3 is 2.46 bits per heavy atom. The maximum Gasteiger partial charge on any atom is 0.244 e. The topological polar surface area (TPSA) is 66.5 Å². The fraction of sp³-hybridized carbons (Fsp3) is 0.591. The Morgan fingerprint density at radius 2 is 1.79 bits per heavy atom. The summed E-state index contributed by atoms with van der Waals surface area (Å²) in [6.45, 7) is 0. The standard InChI is InChI=1S/C22H28N2O3S/c1-28-13-19(24-21(26)16-10-4-5-11-17(16)22(24)27)20(25)23-18-12-6-8-14-7-2-3-9-15(14)18/h2-3,7,9,16-19H,4-6,8,10-13H2,1H3,(H,23,25)/t16-,17-,18-,19-/m1/s1. The van der Waals surface area contributed by atoms with E-state index < -0.39 is 6.04 Å². The number of nitrogens with zero attached hydrogens (tertiary/aromatic N) is 1. The van der Waals surface area contributed by atoms with Crippen molar-refractivity contribution >= 4 is 29.5 Å². The molecule has 1 aliphatic heterocycles. The number of benzene rings is 1. The summed E-state index contributed by atoms with van der Waals surface area (Å²) in [6, 6.07) is 7.46. The minimum absolute atomic E-state index is 0.0445. The lowest BCUT2D eigenvalue weighted by atomic mass is 9.81. The second-order valence-corrected chi connectivity index (χ2v) is 9.08. The third-order valence-corrected chi connectivity index (χ3v) is 7.15. The fourth-order valence-corrected chi connectivity index (χ4v) is 5.71. The summed E-state index contributed by atoms with van der Waals surface area (Å²) >= 11 is 1.50. The molecule has 1 saturated carbocycles. The number of carbonyl (C=O) groups is 3. The first kappa shape index (κ1) is 19.5. The lowest BCUT2D eigenvalue weighted by molar-refractivity contribution is -0.147. The van der Waals surface area contributed by atoms with Crippen molar-refractivity contribution in [1.29, 1.82) is 0 Å². The predicted molar refractivity (Wildman–Crippen MR) is 110 cm³/mol. The average molecular weight is 401 g/mol. The average Bonchev–Trinajstić information content (AvgIpc) is 2.97. The molecule has 0 aromatic heterocycles. The number of imide groups is 1. The first-order valence-electron chi connectivity index (χ1n) is 10.4. The van der Waals surface area contributed by atoms with E-state index in [1.807, 2.05) is 18.4 Å². The van der Waals surface area contributed by atoms with Gasteiger partial charge in [-0.1, -0.05) is 37.1 Å². The summed E-state index contributed by atoms with van der Waals surface area (Å²) in [4.78, 5) is 40.5. The van der Waals surface area contributed by atoms with Gasteiger partial charge in [-0.2, -0.15) is 11.8 Å². The highest BCUT2D eigenvalue weighted by molar-refractivity contribution is 7.98. The third kappa shape index (κ3) is 3.47. The molecule has 0 bridgehead atoms. The molecule has 4 atom stereocenters. The summed E-state index contributed by atoms with van der Waals surface area (Å²) < 4.78 is 0. The molecule has 0 spiro atoms. The molecule has 2 fully saturated rings. The first-order chi connectivity index (χ1) is 13.6. The number of amides is 3. The Bertz CT molecular complexity index is 757. The van der Waals surface area contributed by atoms with Gasteiger partial charge in [-0.05, 0) is 49.5 Å². The molecule has 3 aliphatic rings. The molecule has 3 amide bonds. The zero-order valence-electron chi connectivity index (χ0n) is 16.4. The SMILES string of the molecule is CSC[C@H](C(=O)N[C@@H]1CCCc2ccccc21)N1C(=O)[C@@H]2CCCC[C@H]2C1=O. The van der Waals surface area contributed by atoms with E-state index in [1.54, 1.807) is 0 Å². The highest BCUT2D eigenvalue weighted by Gasteiger charge is 2.51. The molecule has 1 aromatic rings. The van der Waals surface area contributed by atoms with Crippen LogP contribution >= 0.6 is 11.8 Å². The van der Waals surface area contributed by atoms with Crippen LogP contribution in [0.25, 0.3) is 0 Å². The van der Waals surface area contributed by atoms with E-state index in [2.05, 4.69) is 17.4 Å². The number of hydrogen-bond donors (Lipinski definition) is 1. The maximum absolute atomic E-state index is 13.2. The number of fused-ring (bicyclic) bond motifs is 2. The van der Waals surface area contributed by atoms with Crippen LogP contribution in [-0.2, 0) is 20.8 Å². The van der Waals surface area contributed by atoms with Gasteiger partial charge >= 0.3 is 0 Å². The van der Waals surface area contributed by atoms with Gasteiger partial charge in [0.2, 0.25) is 17.7 Å². The summed E-state index contributed by atoms with van der Waals surface area (Å²) in [7, 11) is 0. The first-order valence-corrected chi connectivity index (χ1v) is 11.7.